The Bertz CT molecular complexity index is 259. The maximum Gasteiger partial charge on any atom is 0.223 e. The maximum absolute atomic E-state index is 12.0. The highest BCUT2D eigenvalue weighted by molar-refractivity contribution is 5.76. The second kappa shape index (κ2) is 5.48. The van der Waals surface area contributed by atoms with E-state index in [4.69, 9.17) is 4.74 Å². The zero-order valence-electron chi connectivity index (χ0n) is 9.91. The summed E-state index contributed by atoms with van der Waals surface area (Å²) in [5.41, 5.74) is 1.36. The molecule has 1 aliphatic heterocycles. The molecule has 0 N–H and O–H groups in total. The van der Waals surface area contributed by atoms with E-state index in [0.717, 1.165) is 45.2 Å². The Labute approximate surface area is 97.5 Å². The van der Waals surface area contributed by atoms with Gasteiger partial charge in [-0.3, -0.25) is 4.79 Å². The Morgan fingerprint density at radius 1 is 1.31 bits per heavy atom. The van der Waals surface area contributed by atoms with Crippen molar-refractivity contribution in [3.05, 3.63) is 12.2 Å². The van der Waals surface area contributed by atoms with Crippen LogP contribution in [0.4, 0.5) is 0 Å². The maximum atomic E-state index is 12.0. The minimum Gasteiger partial charge on any atom is -0.378 e. The Morgan fingerprint density at radius 3 is 2.56 bits per heavy atom. The van der Waals surface area contributed by atoms with Crippen molar-refractivity contribution in [3.63, 3.8) is 0 Å². The first-order valence-electron chi connectivity index (χ1n) is 6.28. The summed E-state index contributed by atoms with van der Waals surface area (Å²) < 4.78 is 5.25. The van der Waals surface area contributed by atoms with Crippen molar-refractivity contribution in [2.75, 3.05) is 26.3 Å². The van der Waals surface area contributed by atoms with Crippen LogP contribution in [0.2, 0.25) is 0 Å². The Morgan fingerprint density at radius 2 is 1.94 bits per heavy atom. The fourth-order valence-electron chi connectivity index (χ4n) is 2.48. The molecule has 0 spiro atoms. The minimum atomic E-state index is 0.320. The third-order valence-electron chi connectivity index (χ3n) is 3.64. The zero-order chi connectivity index (χ0) is 11.4. The number of ether oxygens (including phenoxy) is 1. The molecule has 1 saturated heterocycles. The Balaban J connectivity index is 1.75. The predicted molar refractivity (Wildman–Crippen MR) is 63.1 cm³/mol. The summed E-state index contributed by atoms with van der Waals surface area (Å²) >= 11 is 0. The van der Waals surface area contributed by atoms with Gasteiger partial charge in [-0.25, -0.2) is 0 Å². The Hall–Kier alpha value is -0.830. The molecule has 1 aliphatic carbocycles. The molecule has 0 aromatic rings. The minimum absolute atomic E-state index is 0.320. The number of amides is 1. The van der Waals surface area contributed by atoms with Crippen LogP contribution in [0.3, 0.4) is 0 Å². The van der Waals surface area contributed by atoms with Gasteiger partial charge in [-0.05, 0) is 31.6 Å². The van der Waals surface area contributed by atoms with Crippen LogP contribution in [0.25, 0.3) is 0 Å². The molecular weight excluding hydrogens is 202 g/mol. The van der Waals surface area contributed by atoms with Crippen LogP contribution in [0, 0.1) is 5.92 Å². The van der Waals surface area contributed by atoms with E-state index < -0.39 is 0 Å². The van der Waals surface area contributed by atoms with Gasteiger partial charge in [0.05, 0.1) is 13.2 Å². The van der Waals surface area contributed by atoms with Crippen molar-refractivity contribution in [2.45, 2.75) is 32.1 Å². The van der Waals surface area contributed by atoms with Crippen molar-refractivity contribution >= 4 is 5.91 Å². The van der Waals surface area contributed by atoms with Crippen molar-refractivity contribution in [2.24, 2.45) is 5.92 Å². The fourth-order valence-corrected chi connectivity index (χ4v) is 2.48. The van der Waals surface area contributed by atoms with Gasteiger partial charge in [0.15, 0.2) is 0 Å². The SMILES string of the molecule is C=C1CCC(CC(=O)N2CCOCC2)CC1. The normalized spacial score (nSPS) is 23.5. The van der Waals surface area contributed by atoms with Crippen LogP contribution >= 0.6 is 0 Å². The topological polar surface area (TPSA) is 29.5 Å². The molecule has 1 amide bonds. The molecule has 2 rings (SSSR count). The second-order valence-electron chi connectivity index (χ2n) is 4.89. The molecule has 3 heteroatoms. The third kappa shape index (κ3) is 3.08. The number of allylic oxidation sites excluding steroid dienone is 1. The number of carbonyl (C=O) groups excluding carboxylic acids is 1. The highest BCUT2D eigenvalue weighted by atomic mass is 16.5. The van der Waals surface area contributed by atoms with Crippen molar-refractivity contribution in [1.82, 2.24) is 4.90 Å². The number of rotatable bonds is 2. The summed E-state index contributed by atoms with van der Waals surface area (Å²) in [6, 6.07) is 0. The molecule has 0 radical (unpaired) electrons. The van der Waals surface area contributed by atoms with Crippen LogP contribution in [-0.4, -0.2) is 37.1 Å². The standard InChI is InChI=1S/C13H21NO2/c1-11-2-4-12(5-3-11)10-13(15)14-6-8-16-9-7-14/h12H,1-10H2. The van der Waals surface area contributed by atoms with E-state index in [0.29, 0.717) is 25.0 Å². The fraction of sp³-hybridized carbons (Fsp3) is 0.769. The van der Waals surface area contributed by atoms with Crippen LogP contribution in [0.1, 0.15) is 32.1 Å². The van der Waals surface area contributed by atoms with Crippen LogP contribution in [0.5, 0.6) is 0 Å². The average molecular weight is 223 g/mol. The molecule has 2 fully saturated rings. The first-order valence-corrected chi connectivity index (χ1v) is 6.28. The van der Waals surface area contributed by atoms with Gasteiger partial charge < -0.3 is 9.64 Å². The van der Waals surface area contributed by atoms with Gasteiger partial charge in [-0.15, -0.1) is 0 Å². The molecule has 0 unspecified atom stereocenters. The highest BCUT2D eigenvalue weighted by Crippen LogP contribution is 2.29. The molecule has 0 bridgehead atoms. The van der Waals surface area contributed by atoms with Gasteiger partial charge in [-0.2, -0.15) is 0 Å². The number of hydrogen-bond donors (Lipinski definition) is 0. The number of hydrogen-bond acceptors (Lipinski definition) is 2. The lowest BCUT2D eigenvalue weighted by atomic mass is 9.84. The molecule has 0 atom stereocenters. The summed E-state index contributed by atoms with van der Waals surface area (Å²) in [5.74, 6) is 0.904. The number of nitrogens with zero attached hydrogens (tertiary/aromatic N) is 1. The lowest BCUT2D eigenvalue weighted by Gasteiger charge is -2.30. The number of carbonyl (C=O) groups is 1. The predicted octanol–water partition coefficient (Wildman–Crippen LogP) is 1.98. The summed E-state index contributed by atoms with van der Waals surface area (Å²) in [7, 11) is 0. The lowest BCUT2D eigenvalue weighted by Crippen LogP contribution is -2.41. The zero-order valence-corrected chi connectivity index (χ0v) is 9.91. The van der Waals surface area contributed by atoms with Crippen LogP contribution < -0.4 is 0 Å². The van der Waals surface area contributed by atoms with Crippen molar-refractivity contribution in [1.29, 1.82) is 0 Å². The van der Waals surface area contributed by atoms with Crippen LogP contribution in [0.15, 0.2) is 12.2 Å². The molecule has 1 saturated carbocycles. The van der Waals surface area contributed by atoms with E-state index in [1.807, 2.05) is 4.90 Å². The smallest absolute Gasteiger partial charge is 0.223 e. The van der Waals surface area contributed by atoms with Gasteiger partial charge in [0, 0.05) is 19.5 Å². The van der Waals surface area contributed by atoms with Crippen molar-refractivity contribution in [3.8, 4) is 0 Å². The molecule has 3 nitrogen and oxygen atoms in total. The summed E-state index contributed by atoms with van der Waals surface area (Å²) in [6.07, 6.45) is 5.25. The molecular formula is C13H21NO2. The van der Waals surface area contributed by atoms with E-state index in [1.165, 1.54) is 5.57 Å². The van der Waals surface area contributed by atoms with E-state index >= 15 is 0 Å². The van der Waals surface area contributed by atoms with Crippen molar-refractivity contribution < 1.29 is 9.53 Å². The van der Waals surface area contributed by atoms with E-state index in [1.54, 1.807) is 0 Å². The molecule has 0 aromatic heterocycles. The third-order valence-corrected chi connectivity index (χ3v) is 3.64. The molecule has 0 aromatic carbocycles. The summed E-state index contributed by atoms with van der Waals surface area (Å²) in [5, 5.41) is 0. The van der Waals surface area contributed by atoms with Gasteiger partial charge >= 0.3 is 0 Å². The first-order chi connectivity index (χ1) is 7.75. The van der Waals surface area contributed by atoms with Gasteiger partial charge in [0.2, 0.25) is 5.91 Å². The largest absolute Gasteiger partial charge is 0.378 e. The molecule has 16 heavy (non-hydrogen) atoms. The average Bonchev–Trinajstić information content (AvgIpc) is 2.33. The van der Waals surface area contributed by atoms with Gasteiger partial charge in [0.1, 0.15) is 0 Å². The van der Waals surface area contributed by atoms with Crippen LogP contribution in [-0.2, 0) is 9.53 Å². The lowest BCUT2D eigenvalue weighted by molar-refractivity contribution is -0.136. The van der Waals surface area contributed by atoms with Gasteiger partial charge in [0.25, 0.3) is 0 Å². The second-order valence-corrected chi connectivity index (χ2v) is 4.89. The van der Waals surface area contributed by atoms with E-state index in [2.05, 4.69) is 6.58 Å². The first kappa shape index (κ1) is 11.6. The monoisotopic (exact) mass is 223 g/mol. The van der Waals surface area contributed by atoms with Gasteiger partial charge in [-0.1, -0.05) is 12.2 Å². The van der Waals surface area contributed by atoms with E-state index in [-0.39, 0.29) is 0 Å². The summed E-state index contributed by atoms with van der Waals surface area (Å²) in [4.78, 5) is 13.9. The quantitative estimate of drug-likeness (QED) is 0.670. The number of morpholine rings is 1. The molecule has 2 aliphatic rings. The van der Waals surface area contributed by atoms with E-state index in [9.17, 15) is 4.79 Å². The summed E-state index contributed by atoms with van der Waals surface area (Å²) in [6.45, 7) is 6.96. The Kier molecular flexibility index (Phi) is 3.99. The molecule has 90 valence electrons. The molecule has 1 heterocycles. The highest BCUT2D eigenvalue weighted by Gasteiger charge is 2.22.